The first-order valence-electron chi connectivity index (χ1n) is 12.8. The minimum atomic E-state index is 0.0301. The van der Waals surface area contributed by atoms with Gasteiger partial charge in [-0.15, -0.1) is 0 Å². The van der Waals surface area contributed by atoms with Gasteiger partial charge in [0.15, 0.2) is 17.3 Å². The van der Waals surface area contributed by atoms with Gasteiger partial charge in [-0.2, -0.15) is 4.98 Å². The van der Waals surface area contributed by atoms with Crippen LogP contribution >= 0.6 is 0 Å². The standard InChI is InChI=1S/C28H35N5O5/c1-31(19-21-7-5-4-6-8-21)27(34)12-11-26-29-25(30-38-26)20-32-13-15-33(16-14-32)28(35)18-22-9-10-23(36-2)24(17-22)37-3/h4-10,17H,11-16,18-20H2,1-3H3. The molecule has 1 aliphatic rings. The Labute approximate surface area is 223 Å². The molecule has 4 rings (SSSR count). The third-order valence-corrected chi connectivity index (χ3v) is 6.64. The molecule has 2 heterocycles. The van der Waals surface area contributed by atoms with Crippen LogP contribution in [0.3, 0.4) is 0 Å². The SMILES string of the molecule is COc1ccc(CC(=O)N2CCN(Cc3noc(CCC(=O)N(C)Cc4ccccc4)n3)CC2)cc1OC. The van der Waals surface area contributed by atoms with Crippen molar-refractivity contribution >= 4 is 11.8 Å². The molecule has 1 fully saturated rings. The fraction of sp³-hybridized carbons (Fsp3) is 0.429. The second kappa shape index (κ2) is 13.0. The first-order valence-corrected chi connectivity index (χ1v) is 12.8. The molecule has 0 bridgehead atoms. The highest BCUT2D eigenvalue weighted by molar-refractivity contribution is 5.79. The molecule has 0 atom stereocenters. The van der Waals surface area contributed by atoms with Crippen molar-refractivity contribution in [1.29, 1.82) is 0 Å². The monoisotopic (exact) mass is 521 g/mol. The van der Waals surface area contributed by atoms with Crippen molar-refractivity contribution in [1.82, 2.24) is 24.8 Å². The van der Waals surface area contributed by atoms with Crippen LogP contribution in [0.4, 0.5) is 0 Å². The van der Waals surface area contributed by atoms with E-state index in [0.717, 1.165) is 24.2 Å². The fourth-order valence-corrected chi connectivity index (χ4v) is 4.44. The predicted molar refractivity (Wildman–Crippen MR) is 141 cm³/mol. The van der Waals surface area contributed by atoms with E-state index in [1.54, 1.807) is 26.2 Å². The first-order chi connectivity index (χ1) is 18.4. The normalized spacial score (nSPS) is 13.8. The van der Waals surface area contributed by atoms with E-state index in [0.29, 0.717) is 68.7 Å². The lowest BCUT2D eigenvalue weighted by Gasteiger charge is -2.34. The number of benzene rings is 2. The molecule has 2 aromatic carbocycles. The lowest BCUT2D eigenvalue weighted by molar-refractivity contribution is -0.132. The van der Waals surface area contributed by atoms with Gasteiger partial charge in [-0.1, -0.05) is 41.6 Å². The number of hydrogen-bond acceptors (Lipinski definition) is 8. The largest absolute Gasteiger partial charge is 0.493 e. The molecule has 0 unspecified atom stereocenters. The van der Waals surface area contributed by atoms with Crippen molar-refractivity contribution in [3.05, 3.63) is 71.4 Å². The maximum Gasteiger partial charge on any atom is 0.227 e. The van der Waals surface area contributed by atoms with E-state index >= 15 is 0 Å². The van der Waals surface area contributed by atoms with Crippen LogP contribution in [0, 0.1) is 0 Å². The van der Waals surface area contributed by atoms with Gasteiger partial charge in [-0.3, -0.25) is 14.5 Å². The van der Waals surface area contributed by atoms with Crippen molar-refractivity contribution in [2.24, 2.45) is 0 Å². The summed E-state index contributed by atoms with van der Waals surface area (Å²) in [6.45, 7) is 3.84. The lowest BCUT2D eigenvalue weighted by atomic mass is 10.1. The van der Waals surface area contributed by atoms with Crippen LogP contribution in [0.25, 0.3) is 0 Å². The molecule has 2 amide bonds. The molecule has 0 spiro atoms. The Morgan fingerprint density at radius 1 is 0.974 bits per heavy atom. The molecule has 0 N–H and O–H groups in total. The summed E-state index contributed by atoms with van der Waals surface area (Å²) < 4.78 is 16.0. The van der Waals surface area contributed by atoms with Crippen molar-refractivity contribution in [2.75, 3.05) is 47.4 Å². The average molecular weight is 522 g/mol. The van der Waals surface area contributed by atoms with E-state index in [4.69, 9.17) is 14.0 Å². The average Bonchev–Trinajstić information content (AvgIpc) is 3.39. The van der Waals surface area contributed by atoms with Gasteiger partial charge in [0.1, 0.15) is 0 Å². The van der Waals surface area contributed by atoms with E-state index in [-0.39, 0.29) is 11.8 Å². The van der Waals surface area contributed by atoms with Gasteiger partial charge in [-0.05, 0) is 23.3 Å². The zero-order valence-corrected chi connectivity index (χ0v) is 22.3. The fourth-order valence-electron chi connectivity index (χ4n) is 4.44. The Bertz CT molecular complexity index is 1210. The van der Waals surface area contributed by atoms with E-state index in [9.17, 15) is 9.59 Å². The molecule has 1 aromatic heterocycles. The number of amides is 2. The van der Waals surface area contributed by atoms with E-state index in [1.807, 2.05) is 53.4 Å². The molecule has 0 saturated carbocycles. The summed E-state index contributed by atoms with van der Waals surface area (Å²) in [5.41, 5.74) is 1.98. The number of ether oxygens (including phenoxy) is 2. The third-order valence-electron chi connectivity index (χ3n) is 6.64. The zero-order chi connectivity index (χ0) is 26.9. The Hall–Kier alpha value is -3.92. The van der Waals surface area contributed by atoms with Crippen molar-refractivity contribution in [2.45, 2.75) is 32.4 Å². The Kier molecular flexibility index (Phi) is 9.31. The van der Waals surface area contributed by atoms with Crippen LogP contribution in [-0.2, 0) is 35.5 Å². The number of carbonyl (C=O) groups excluding carboxylic acids is 2. The highest BCUT2D eigenvalue weighted by Gasteiger charge is 2.23. The van der Waals surface area contributed by atoms with Crippen molar-refractivity contribution < 1.29 is 23.6 Å². The molecule has 0 radical (unpaired) electrons. The van der Waals surface area contributed by atoms with Gasteiger partial charge < -0.3 is 23.8 Å². The molecular weight excluding hydrogens is 486 g/mol. The topological polar surface area (TPSA) is 101 Å². The van der Waals surface area contributed by atoms with E-state index in [2.05, 4.69) is 15.0 Å². The molecule has 38 heavy (non-hydrogen) atoms. The van der Waals surface area contributed by atoms with Crippen LogP contribution in [0.15, 0.2) is 53.1 Å². The summed E-state index contributed by atoms with van der Waals surface area (Å²) in [7, 11) is 4.97. The maximum atomic E-state index is 12.8. The maximum absolute atomic E-state index is 12.8. The summed E-state index contributed by atoms with van der Waals surface area (Å²) in [5, 5.41) is 4.09. The first kappa shape index (κ1) is 27.1. The quantitative estimate of drug-likeness (QED) is 0.380. The molecular formula is C28H35N5O5. The second-order valence-corrected chi connectivity index (χ2v) is 9.36. The number of aromatic nitrogens is 2. The van der Waals surface area contributed by atoms with Crippen molar-refractivity contribution in [3.8, 4) is 11.5 Å². The highest BCUT2D eigenvalue weighted by atomic mass is 16.5. The molecule has 0 aliphatic carbocycles. The highest BCUT2D eigenvalue weighted by Crippen LogP contribution is 2.28. The van der Waals surface area contributed by atoms with Gasteiger partial charge in [-0.25, -0.2) is 0 Å². The summed E-state index contributed by atoms with van der Waals surface area (Å²) in [5.74, 6) is 2.43. The Morgan fingerprint density at radius 2 is 1.71 bits per heavy atom. The zero-order valence-electron chi connectivity index (χ0n) is 22.3. The summed E-state index contributed by atoms with van der Waals surface area (Å²) in [4.78, 5) is 35.6. The summed E-state index contributed by atoms with van der Waals surface area (Å²) in [6.07, 6.45) is 1.03. The number of hydrogen-bond donors (Lipinski definition) is 0. The number of rotatable bonds is 11. The van der Waals surface area contributed by atoms with E-state index < -0.39 is 0 Å². The van der Waals surface area contributed by atoms with Gasteiger partial charge in [0.2, 0.25) is 17.7 Å². The number of carbonyl (C=O) groups is 2. The van der Waals surface area contributed by atoms with Crippen LogP contribution in [0.2, 0.25) is 0 Å². The second-order valence-electron chi connectivity index (χ2n) is 9.36. The van der Waals surface area contributed by atoms with Gasteiger partial charge in [0.05, 0.1) is 27.2 Å². The van der Waals surface area contributed by atoms with Gasteiger partial charge in [0.25, 0.3) is 0 Å². The molecule has 10 nitrogen and oxygen atoms in total. The van der Waals surface area contributed by atoms with Gasteiger partial charge >= 0.3 is 0 Å². The summed E-state index contributed by atoms with van der Waals surface area (Å²) >= 11 is 0. The summed E-state index contributed by atoms with van der Waals surface area (Å²) in [6, 6.07) is 15.4. The Balaban J connectivity index is 1.19. The van der Waals surface area contributed by atoms with Gasteiger partial charge in [0, 0.05) is 52.6 Å². The third kappa shape index (κ3) is 7.32. The van der Waals surface area contributed by atoms with E-state index in [1.165, 1.54) is 0 Å². The van der Waals surface area contributed by atoms with Crippen LogP contribution in [0.1, 0.15) is 29.3 Å². The number of methoxy groups -OCH3 is 2. The molecule has 10 heteroatoms. The molecule has 202 valence electrons. The minimum Gasteiger partial charge on any atom is -0.493 e. The molecule has 1 aliphatic heterocycles. The van der Waals surface area contributed by atoms with Crippen LogP contribution < -0.4 is 9.47 Å². The lowest BCUT2D eigenvalue weighted by Crippen LogP contribution is -2.48. The van der Waals surface area contributed by atoms with Crippen molar-refractivity contribution in [3.63, 3.8) is 0 Å². The minimum absolute atomic E-state index is 0.0301. The van der Waals surface area contributed by atoms with Crippen LogP contribution in [-0.4, -0.2) is 84.1 Å². The Morgan fingerprint density at radius 3 is 2.42 bits per heavy atom. The number of nitrogens with zero attached hydrogens (tertiary/aromatic N) is 5. The number of aryl methyl sites for hydroxylation is 1. The smallest absolute Gasteiger partial charge is 0.227 e. The molecule has 1 saturated heterocycles. The van der Waals surface area contributed by atoms with Crippen LogP contribution in [0.5, 0.6) is 11.5 Å². The molecule has 3 aromatic rings. The predicted octanol–water partition coefficient (Wildman–Crippen LogP) is 2.56. The number of piperazine rings is 1.